The molecule has 0 spiro atoms. The second-order valence-corrected chi connectivity index (χ2v) is 6.67. The Balaban J connectivity index is 1.61. The van der Waals surface area contributed by atoms with Crippen LogP contribution in [0.15, 0.2) is 11.6 Å². The molecule has 1 fully saturated rings. The molecular weight excluding hydrogens is 278 g/mol. The number of likely N-dealkylation sites (N-methyl/N-ethyl adjacent to an activating group) is 1. The van der Waals surface area contributed by atoms with Gasteiger partial charge in [0.1, 0.15) is 0 Å². The van der Waals surface area contributed by atoms with E-state index < -0.39 is 0 Å². The second kappa shape index (κ2) is 8.53. The van der Waals surface area contributed by atoms with E-state index >= 15 is 0 Å². The molecule has 2 amide bonds. The summed E-state index contributed by atoms with van der Waals surface area (Å²) in [5.41, 5.74) is 1.50. The number of rotatable bonds is 6. The summed E-state index contributed by atoms with van der Waals surface area (Å²) in [6.07, 6.45) is 7.57. The quantitative estimate of drug-likeness (QED) is 0.765. The number of carbonyl (C=O) groups excluding carboxylic acids is 1. The fourth-order valence-electron chi connectivity index (χ4n) is 3.29. The summed E-state index contributed by atoms with van der Waals surface area (Å²) >= 11 is 0. The molecule has 0 saturated carbocycles. The summed E-state index contributed by atoms with van der Waals surface area (Å²) < 4.78 is 5.73. The molecule has 5 nitrogen and oxygen atoms in total. The highest BCUT2D eigenvalue weighted by Gasteiger charge is 2.22. The molecule has 1 aliphatic heterocycles. The van der Waals surface area contributed by atoms with Gasteiger partial charge in [0.15, 0.2) is 0 Å². The highest BCUT2D eigenvalue weighted by atomic mass is 16.5. The smallest absolute Gasteiger partial charge is 0.317 e. The highest BCUT2D eigenvalue weighted by Crippen LogP contribution is 2.19. The Bertz CT molecular complexity index is 387. The summed E-state index contributed by atoms with van der Waals surface area (Å²) in [6.45, 7) is 8.54. The van der Waals surface area contributed by atoms with E-state index in [-0.39, 0.29) is 18.2 Å². The summed E-state index contributed by atoms with van der Waals surface area (Å²) in [6, 6.07) is 0.0351. The van der Waals surface area contributed by atoms with E-state index in [9.17, 15) is 4.79 Å². The van der Waals surface area contributed by atoms with Gasteiger partial charge in [-0.05, 0) is 39.5 Å². The molecule has 1 heterocycles. The number of ether oxygens (including phenoxy) is 1. The van der Waals surface area contributed by atoms with Crippen molar-refractivity contribution in [3.05, 3.63) is 11.6 Å². The first kappa shape index (κ1) is 17.3. The molecule has 1 aliphatic carbocycles. The maximum absolute atomic E-state index is 12.1. The van der Waals surface area contributed by atoms with Crippen LogP contribution in [0.2, 0.25) is 0 Å². The molecule has 1 saturated heterocycles. The molecule has 22 heavy (non-hydrogen) atoms. The van der Waals surface area contributed by atoms with Gasteiger partial charge in [-0.2, -0.15) is 0 Å². The van der Waals surface area contributed by atoms with Crippen molar-refractivity contribution in [1.82, 2.24) is 15.1 Å². The Kier molecular flexibility index (Phi) is 6.70. The van der Waals surface area contributed by atoms with E-state index in [1.54, 1.807) is 4.90 Å². The van der Waals surface area contributed by atoms with Crippen molar-refractivity contribution in [2.75, 3.05) is 39.8 Å². The van der Waals surface area contributed by atoms with Crippen LogP contribution in [0, 0.1) is 0 Å². The Morgan fingerprint density at radius 1 is 1.41 bits per heavy atom. The molecule has 126 valence electrons. The molecule has 2 rings (SSSR count). The molecule has 0 bridgehead atoms. The van der Waals surface area contributed by atoms with E-state index in [0.717, 1.165) is 39.1 Å². The van der Waals surface area contributed by atoms with Crippen molar-refractivity contribution in [3.63, 3.8) is 0 Å². The first-order valence-corrected chi connectivity index (χ1v) is 8.59. The molecule has 2 atom stereocenters. The number of carbonyl (C=O) groups is 1. The first-order valence-electron chi connectivity index (χ1n) is 8.59. The third-order valence-electron chi connectivity index (χ3n) is 4.45. The number of amides is 2. The third kappa shape index (κ3) is 5.61. The van der Waals surface area contributed by atoms with Crippen LogP contribution in [0.4, 0.5) is 4.79 Å². The second-order valence-electron chi connectivity index (χ2n) is 6.67. The number of hydrogen-bond donors (Lipinski definition) is 1. The predicted octanol–water partition coefficient (Wildman–Crippen LogP) is 2.24. The van der Waals surface area contributed by atoms with Gasteiger partial charge in [0, 0.05) is 39.8 Å². The van der Waals surface area contributed by atoms with Gasteiger partial charge in [0.25, 0.3) is 0 Å². The van der Waals surface area contributed by atoms with Gasteiger partial charge in [0.2, 0.25) is 0 Å². The number of hydrogen-bond acceptors (Lipinski definition) is 3. The van der Waals surface area contributed by atoms with Gasteiger partial charge < -0.3 is 15.0 Å². The van der Waals surface area contributed by atoms with E-state index in [0.29, 0.717) is 0 Å². The maximum atomic E-state index is 12.1. The van der Waals surface area contributed by atoms with E-state index in [4.69, 9.17) is 4.74 Å². The molecule has 0 radical (unpaired) electrons. The molecule has 0 aromatic carbocycles. The highest BCUT2D eigenvalue weighted by molar-refractivity contribution is 5.73. The number of nitrogens with one attached hydrogen (secondary N) is 1. The molecule has 5 heteroatoms. The zero-order valence-electron chi connectivity index (χ0n) is 14.3. The lowest BCUT2D eigenvalue weighted by atomic mass is 10.2. The zero-order valence-corrected chi connectivity index (χ0v) is 14.3. The van der Waals surface area contributed by atoms with Crippen molar-refractivity contribution in [2.45, 2.75) is 51.7 Å². The number of nitrogens with zero attached hydrogens (tertiary/aromatic N) is 2. The van der Waals surface area contributed by atoms with Crippen molar-refractivity contribution >= 4 is 6.03 Å². The molecule has 0 aromatic heterocycles. The van der Waals surface area contributed by atoms with Crippen LogP contribution in [0.25, 0.3) is 0 Å². The predicted molar refractivity (Wildman–Crippen MR) is 89.0 cm³/mol. The van der Waals surface area contributed by atoms with Gasteiger partial charge >= 0.3 is 6.03 Å². The number of morpholine rings is 1. The Hall–Kier alpha value is -1.07. The lowest BCUT2D eigenvalue weighted by Gasteiger charge is -2.36. The Morgan fingerprint density at radius 3 is 2.77 bits per heavy atom. The minimum atomic E-state index is 0.0351. The maximum Gasteiger partial charge on any atom is 0.317 e. The van der Waals surface area contributed by atoms with Gasteiger partial charge in [-0.3, -0.25) is 4.90 Å². The van der Waals surface area contributed by atoms with Crippen molar-refractivity contribution in [1.29, 1.82) is 0 Å². The van der Waals surface area contributed by atoms with Crippen LogP contribution >= 0.6 is 0 Å². The summed E-state index contributed by atoms with van der Waals surface area (Å²) in [7, 11) is 1.87. The fraction of sp³-hybridized carbons (Fsp3) is 0.824. The zero-order chi connectivity index (χ0) is 15.9. The monoisotopic (exact) mass is 309 g/mol. The Morgan fingerprint density at radius 2 is 2.14 bits per heavy atom. The van der Waals surface area contributed by atoms with E-state index in [1.165, 1.54) is 24.8 Å². The van der Waals surface area contributed by atoms with E-state index in [2.05, 4.69) is 30.1 Å². The largest absolute Gasteiger partial charge is 0.373 e. The molecule has 0 unspecified atom stereocenters. The van der Waals surface area contributed by atoms with Gasteiger partial charge in [-0.1, -0.05) is 11.6 Å². The average Bonchev–Trinajstić information content (AvgIpc) is 2.97. The number of allylic oxidation sites excluding steroid dienone is 1. The van der Waals surface area contributed by atoms with Crippen LogP contribution in [0.3, 0.4) is 0 Å². The van der Waals surface area contributed by atoms with Crippen LogP contribution in [0.1, 0.15) is 39.5 Å². The normalized spacial score (nSPS) is 25.9. The summed E-state index contributed by atoms with van der Waals surface area (Å²) in [5, 5.41) is 3.02. The number of urea groups is 1. The van der Waals surface area contributed by atoms with Crippen molar-refractivity contribution in [3.8, 4) is 0 Å². The van der Waals surface area contributed by atoms with Crippen LogP contribution in [-0.2, 0) is 4.74 Å². The van der Waals surface area contributed by atoms with Crippen LogP contribution < -0.4 is 5.32 Å². The topological polar surface area (TPSA) is 44.8 Å². The summed E-state index contributed by atoms with van der Waals surface area (Å²) in [4.78, 5) is 16.2. The first-order chi connectivity index (χ1) is 10.5. The van der Waals surface area contributed by atoms with Crippen LogP contribution in [0.5, 0.6) is 0 Å². The molecule has 0 aromatic rings. The standard InChI is InChI=1S/C17H31N3O2/c1-14-12-20(13-15(2)22-14)11-10-19(3)17(21)18-9-8-16-6-4-5-7-16/h6,14-15H,4-5,7-13H2,1-3H3,(H,18,21)/t14-,15+. The third-order valence-corrected chi connectivity index (χ3v) is 4.45. The van der Waals surface area contributed by atoms with Crippen molar-refractivity contribution < 1.29 is 9.53 Å². The Labute approximate surface area is 134 Å². The van der Waals surface area contributed by atoms with Crippen LogP contribution in [-0.4, -0.2) is 67.8 Å². The molecule has 2 aliphatic rings. The molecule has 1 N–H and O–H groups in total. The van der Waals surface area contributed by atoms with Gasteiger partial charge in [-0.15, -0.1) is 0 Å². The lowest BCUT2D eigenvalue weighted by molar-refractivity contribution is -0.0684. The van der Waals surface area contributed by atoms with Crippen molar-refractivity contribution in [2.24, 2.45) is 0 Å². The average molecular weight is 309 g/mol. The molecular formula is C17H31N3O2. The minimum Gasteiger partial charge on any atom is -0.373 e. The van der Waals surface area contributed by atoms with Gasteiger partial charge in [-0.25, -0.2) is 4.79 Å². The minimum absolute atomic E-state index is 0.0351. The van der Waals surface area contributed by atoms with Gasteiger partial charge in [0.05, 0.1) is 12.2 Å². The fourth-order valence-corrected chi connectivity index (χ4v) is 3.29. The SMILES string of the molecule is C[C@@H]1CN(CCN(C)C(=O)NCCC2=CCCC2)C[C@H](C)O1. The lowest BCUT2D eigenvalue weighted by Crippen LogP contribution is -2.49. The van der Waals surface area contributed by atoms with E-state index in [1.807, 2.05) is 7.05 Å². The summed E-state index contributed by atoms with van der Waals surface area (Å²) in [5.74, 6) is 0.